The van der Waals surface area contributed by atoms with Gasteiger partial charge in [0.15, 0.2) is 11.5 Å². The largest absolute Gasteiger partial charge is 0.507 e. The van der Waals surface area contributed by atoms with Gasteiger partial charge >= 0.3 is 5.63 Å². The third-order valence-corrected chi connectivity index (χ3v) is 7.18. The number of hydrogen-bond acceptors (Lipinski definition) is 6. The number of aromatic hydroxyl groups is 1. The summed E-state index contributed by atoms with van der Waals surface area (Å²) in [5.74, 6) is 2.41. The van der Waals surface area contributed by atoms with Crippen molar-refractivity contribution in [1.29, 1.82) is 0 Å². The third kappa shape index (κ3) is 6.35. The second-order valence-electron chi connectivity index (χ2n) is 8.54. The van der Waals surface area contributed by atoms with Gasteiger partial charge in [-0.15, -0.1) is 11.8 Å². The van der Waals surface area contributed by atoms with Crippen molar-refractivity contribution >= 4 is 11.8 Å². The first kappa shape index (κ1) is 24.5. The molecule has 0 aliphatic carbocycles. The molecule has 1 atom stereocenters. The molecule has 0 aliphatic heterocycles. The molecule has 186 valence electrons. The van der Waals surface area contributed by atoms with E-state index in [1.54, 1.807) is 23.9 Å². The van der Waals surface area contributed by atoms with E-state index < -0.39 is 5.63 Å². The van der Waals surface area contributed by atoms with Crippen LogP contribution in [0.2, 0.25) is 0 Å². The first-order valence-electron chi connectivity index (χ1n) is 12.0. The van der Waals surface area contributed by atoms with E-state index in [0.717, 1.165) is 16.9 Å². The van der Waals surface area contributed by atoms with Gasteiger partial charge in [0, 0.05) is 17.1 Å². The molecule has 5 aromatic rings. The maximum Gasteiger partial charge on any atom is 0.344 e. The SMILES string of the molecule is O=c1oc(-c2ccc(COc3ccccc3)o2)cc(O)c1C(Cc1ccccc1)SCc1ccccc1. The molecule has 0 saturated carbocycles. The predicted molar refractivity (Wildman–Crippen MR) is 146 cm³/mol. The Balaban J connectivity index is 1.37. The number of thioether (sulfide) groups is 1. The Labute approximate surface area is 219 Å². The van der Waals surface area contributed by atoms with Gasteiger partial charge in [0.1, 0.15) is 23.9 Å². The highest BCUT2D eigenvalue weighted by molar-refractivity contribution is 7.98. The second kappa shape index (κ2) is 11.7. The maximum atomic E-state index is 13.2. The highest BCUT2D eigenvalue weighted by Crippen LogP contribution is 2.38. The van der Waals surface area contributed by atoms with Crippen molar-refractivity contribution in [2.45, 2.75) is 24.0 Å². The van der Waals surface area contributed by atoms with Crippen LogP contribution in [0.25, 0.3) is 11.5 Å². The molecule has 5 nitrogen and oxygen atoms in total. The summed E-state index contributed by atoms with van der Waals surface area (Å²) in [6.45, 7) is 0.230. The smallest absolute Gasteiger partial charge is 0.344 e. The molecule has 0 spiro atoms. The molecular weight excluding hydrogens is 484 g/mol. The Morgan fingerprint density at radius 3 is 2.08 bits per heavy atom. The quantitative estimate of drug-likeness (QED) is 0.211. The normalized spacial score (nSPS) is 11.8. The van der Waals surface area contributed by atoms with E-state index in [4.69, 9.17) is 13.6 Å². The van der Waals surface area contributed by atoms with E-state index in [0.29, 0.717) is 23.7 Å². The lowest BCUT2D eigenvalue weighted by Gasteiger charge is -2.17. The van der Waals surface area contributed by atoms with E-state index in [9.17, 15) is 9.90 Å². The molecule has 37 heavy (non-hydrogen) atoms. The molecule has 5 rings (SSSR count). The number of furan rings is 1. The Morgan fingerprint density at radius 1 is 0.757 bits per heavy atom. The van der Waals surface area contributed by atoms with Gasteiger partial charge in [0.05, 0.1) is 5.56 Å². The molecule has 0 saturated heterocycles. The molecule has 0 aliphatic rings. The van der Waals surface area contributed by atoms with Crippen LogP contribution in [0.1, 0.15) is 27.7 Å². The minimum Gasteiger partial charge on any atom is -0.507 e. The van der Waals surface area contributed by atoms with Gasteiger partial charge < -0.3 is 18.7 Å². The number of benzene rings is 3. The van der Waals surface area contributed by atoms with Crippen LogP contribution in [0.3, 0.4) is 0 Å². The molecule has 3 aromatic carbocycles. The lowest BCUT2D eigenvalue weighted by Crippen LogP contribution is -2.13. The number of rotatable bonds is 10. The molecule has 0 bridgehead atoms. The lowest BCUT2D eigenvalue weighted by atomic mass is 10.0. The molecule has 2 heterocycles. The van der Waals surface area contributed by atoms with Crippen LogP contribution in [0, 0.1) is 0 Å². The van der Waals surface area contributed by atoms with Gasteiger partial charge in [-0.05, 0) is 41.8 Å². The first-order chi connectivity index (χ1) is 18.2. The summed E-state index contributed by atoms with van der Waals surface area (Å²) >= 11 is 1.60. The van der Waals surface area contributed by atoms with Crippen molar-refractivity contribution in [2.75, 3.05) is 0 Å². The molecular formula is C31H26O5S. The predicted octanol–water partition coefficient (Wildman–Crippen LogP) is 7.40. The average Bonchev–Trinajstić information content (AvgIpc) is 3.41. The van der Waals surface area contributed by atoms with Crippen LogP contribution in [0.15, 0.2) is 123 Å². The first-order valence-corrected chi connectivity index (χ1v) is 13.0. The van der Waals surface area contributed by atoms with Crippen LogP contribution in [0.4, 0.5) is 0 Å². The zero-order valence-corrected chi connectivity index (χ0v) is 20.9. The number of ether oxygens (including phenoxy) is 1. The summed E-state index contributed by atoms with van der Waals surface area (Å²) in [6, 6.07) is 34.3. The van der Waals surface area contributed by atoms with Gasteiger partial charge in [-0.1, -0.05) is 78.9 Å². The molecule has 1 unspecified atom stereocenters. The van der Waals surface area contributed by atoms with E-state index in [1.807, 2.05) is 91.0 Å². The molecule has 2 aromatic heterocycles. The molecule has 6 heteroatoms. The van der Waals surface area contributed by atoms with E-state index >= 15 is 0 Å². The minimum absolute atomic E-state index is 0.105. The lowest BCUT2D eigenvalue weighted by molar-refractivity contribution is 0.271. The summed E-state index contributed by atoms with van der Waals surface area (Å²) < 4.78 is 17.2. The van der Waals surface area contributed by atoms with Crippen molar-refractivity contribution in [1.82, 2.24) is 0 Å². The zero-order valence-electron chi connectivity index (χ0n) is 20.1. The monoisotopic (exact) mass is 510 g/mol. The standard InChI is InChI=1S/C31H26O5S/c32-26-19-28(27-17-16-25(35-27)20-34-24-14-8-3-9-15-24)36-31(33)30(26)29(18-22-10-4-1-5-11-22)37-21-23-12-6-2-7-13-23/h1-17,19,29,32H,18,20-21H2. The maximum absolute atomic E-state index is 13.2. The van der Waals surface area contributed by atoms with Crippen LogP contribution >= 0.6 is 11.8 Å². The third-order valence-electron chi connectivity index (χ3n) is 5.88. The Hall–Kier alpha value is -4.16. The minimum atomic E-state index is -0.574. The molecule has 0 fully saturated rings. The van der Waals surface area contributed by atoms with Crippen molar-refractivity contribution in [3.63, 3.8) is 0 Å². The summed E-state index contributed by atoms with van der Waals surface area (Å²) in [5.41, 5.74) is 1.90. The summed E-state index contributed by atoms with van der Waals surface area (Å²) in [4.78, 5) is 13.2. The van der Waals surface area contributed by atoms with Gasteiger partial charge in [-0.25, -0.2) is 4.79 Å². The van der Waals surface area contributed by atoms with Crippen LogP contribution in [-0.4, -0.2) is 5.11 Å². The van der Waals surface area contributed by atoms with Crippen LogP contribution in [-0.2, 0) is 18.8 Å². The Kier molecular flexibility index (Phi) is 7.77. The van der Waals surface area contributed by atoms with E-state index in [2.05, 4.69) is 0 Å². The molecule has 1 N–H and O–H groups in total. The van der Waals surface area contributed by atoms with Gasteiger partial charge in [-0.3, -0.25) is 0 Å². The highest BCUT2D eigenvalue weighted by Gasteiger charge is 2.24. The van der Waals surface area contributed by atoms with Gasteiger partial charge in [0.2, 0.25) is 0 Å². The Morgan fingerprint density at radius 2 is 1.41 bits per heavy atom. The fourth-order valence-electron chi connectivity index (χ4n) is 4.01. The Bertz CT molecular complexity index is 1480. The van der Waals surface area contributed by atoms with Crippen molar-refractivity contribution in [3.8, 4) is 23.0 Å². The van der Waals surface area contributed by atoms with Gasteiger partial charge in [0.25, 0.3) is 0 Å². The number of hydrogen-bond donors (Lipinski definition) is 1. The summed E-state index contributed by atoms with van der Waals surface area (Å²) in [7, 11) is 0. The average molecular weight is 511 g/mol. The summed E-state index contributed by atoms with van der Waals surface area (Å²) in [5, 5.41) is 10.7. The molecule has 0 radical (unpaired) electrons. The van der Waals surface area contributed by atoms with Crippen LogP contribution < -0.4 is 10.4 Å². The highest BCUT2D eigenvalue weighted by atomic mass is 32.2. The fraction of sp³-hybridized carbons (Fsp3) is 0.129. The van der Waals surface area contributed by atoms with Gasteiger partial charge in [-0.2, -0.15) is 0 Å². The van der Waals surface area contributed by atoms with Crippen molar-refractivity contribution in [2.24, 2.45) is 0 Å². The van der Waals surface area contributed by atoms with Crippen molar-refractivity contribution in [3.05, 3.63) is 142 Å². The second-order valence-corrected chi connectivity index (χ2v) is 9.73. The van der Waals surface area contributed by atoms with Crippen LogP contribution in [0.5, 0.6) is 11.5 Å². The zero-order chi connectivity index (χ0) is 25.5. The van der Waals surface area contributed by atoms with E-state index in [-0.39, 0.29) is 28.9 Å². The summed E-state index contributed by atoms with van der Waals surface area (Å²) in [6.07, 6.45) is 0.581. The van der Waals surface area contributed by atoms with E-state index in [1.165, 1.54) is 6.07 Å². The fourth-order valence-corrected chi connectivity index (χ4v) is 5.29. The van der Waals surface area contributed by atoms with Crippen molar-refractivity contribution < 1.29 is 18.7 Å². The topological polar surface area (TPSA) is 72.8 Å². The molecule has 0 amide bonds. The number of para-hydroxylation sites is 1.